The van der Waals surface area contributed by atoms with Crippen LogP contribution in [-0.2, 0) is 0 Å². The minimum Gasteiger partial charge on any atom is -0.406 e. The highest BCUT2D eigenvalue weighted by atomic mass is 19.4. The van der Waals surface area contributed by atoms with Crippen LogP contribution in [0.3, 0.4) is 0 Å². The maximum atomic E-state index is 12.2. The lowest BCUT2D eigenvalue weighted by Crippen LogP contribution is -2.17. The van der Waals surface area contributed by atoms with Crippen molar-refractivity contribution in [2.45, 2.75) is 26.1 Å². The standard InChI is InChI=1S/C16H15F3O/c1-11(2)12-6-8-13(9-7-12)14-4-3-5-15(10-14)20-16(17,18)19/h3-11H,1-2H3. The SMILES string of the molecule is CC(C)c1ccc(-c2cccc(OC(F)(F)F)c2)cc1. The molecule has 0 spiro atoms. The van der Waals surface area contributed by atoms with Crippen LogP contribution in [0.25, 0.3) is 11.1 Å². The van der Waals surface area contributed by atoms with E-state index in [-0.39, 0.29) is 5.75 Å². The van der Waals surface area contributed by atoms with E-state index in [0.29, 0.717) is 11.5 Å². The van der Waals surface area contributed by atoms with Gasteiger partial charge in [-0.1, -0.05) is 50.2 Å². The first-order valence-electron chi connectivity index (χ1n) is 6.31. The van der Waals surface area contributed by atoms with E-state index in [1.54, 1.807) is 12.1 Å². The molecule has 1 nitrogen and oxygen atoms in total. The van der Waals surface area contributed by atoms with Crippen LogP contribution in [0.2, 0.25) is 0 Å². The van der Waals surface area contributed by atoms with Gasteiger partial charge in [0.25, 0.3) is 0 Å². The maximum Gasteiger partial charge on any atom is 0.573 e. The van der Waals surface area contributed by atoms with Crippen molar-refractivity contribution in [2.75, 3.05) is 0 Å². The van der Waals surface area contributed by atoms with Gasteiger partial charge in [0.2, 0.25) is 0 Å². The molecule has 0 saturated carbocycles. The first kappa shape index (κ1) is 14.4. The van der Waals surface area contributed by atoms with Crippen molar-refractivity contribution < 1.29 is 17.9 Å². The van der Waals surface area contributed by atoms with E-state index in [1.807, 2.05) is 24.3 Å². The lowest BCUT2D eigenvalue weighted by molar-refractivity contribution is -0.274. The summed E-state index contributed by atoms with van der Waals surface area (Å²) in [5.41, 5.74) is 2.75. The zero-order chi connectivity index (χ0) is 14.8. The fraction of sp³-hybridized carbons (Fsp3) is 0.250. The Balaban J connectivity index is 2.26. The Bertz CT molecular complexity index is 571. The Morgan fingerprint density at radius 3 is 2.10 bits per heavy atom. The molecule has 4 heteroatoms. The predicted octanol–water partition coefficient (Wildman–Crippen LogP) is 5.38. The van der Waals surface area contributed by atoms with Crippen LogP contribution in [0.5, 0.6) is 5.75 Å². The zero-order valence-corrected chi connectivity index (χ0v) is 11.2. The third-order valence-electron chi connectivity index (χ3n) is 2.98. The summed E-state index contributed by atoms with van der Waals surface area (Å²) in [5, 5.41) is 0. The average Bonchev–Trinajstić information content (AvgIpc) is 2.37. The van der Waals surface area contributed by atoms with E-state index < -0.39 is 6.36 Å². The van der Waals surface area contributed by atoms with Crippen molar-refractivity contribution in [3.8, 4) is 16.9 Å². The molecule has 2 rings (SSSR count). The van der Waals surface area contributed by atoms with Crippen molar-refractivity contribution in [3.05, 3.63) is 54.1 Å². The van der Waals surface area contributed by atoms with Crippen molar-refractivity contribution in [1.82, 2.24) is 0 Å². The highest BCUT2D eigenvalue weighted by molar-refractivity contribution is 5.65. The van der Waals surface area contributed by atoms with Crippen LogP contribution in [0.15, 0.2) is 48.5 Å². The van der Waals surface area contributed by atoms with Gasteiger partial charge in [-0.15, -0.1) is 13.2 Å². The number of hydrogen-bond donors (Lipinski definition) is 0. The molecule has 0 N–H and O–H groups in total. The van der Waals surface area contributed by atoms with Crippen LogP contribution in [0, 0.1) is 0 Å². The second-order valence-corrected chi connectivity index (χ2v) is 4.85. The molecule has 0 unspecified atom stereocenters. The lowest BCUT2D eigenvalue weighted by Gasteiger charge is -2.11. The first-order valence-corrected chi connectivity index (χ1v) is 6.31. The zero-order valence-electron chi connectivity index (χ0n) is 11.2. The molecule has 0 aliphatic rings. The smallest absolute Gasteiger partial charge is 0.406 e. The highest BCUT2D eigenvalue weighted by Crippen LogP contribution is 2.28. The van der Waals surface area contributed by atoms with Gasteiger partial charge < -0.3 is 4.74 Å². The largest absolute Gasteiger partial charge is 0.573 e. The minimum atomic E-state index is -4.67. The number of alkyl halides is 3. The van der Waals surface area contributed by atoms with Gasteiger partial charge in [0.05, 0.1) is 0 Å². The molecular formula is C16H15F3O. The summed E-state index contributed by atoms with van der Waals surface area (Å²) >= 11 is 0. The Morgan fingerprint density at radius 1 is 0.900 bits per heavy atom. The topological polar surface area (TPSA) is 9.23 Å². The summed E-state index contributed by atoms with van der Waals surface area (Å²) in [6, 6.07) is 13.8. The third-order valence-corrected chi connectivity index (χ3v) is 2.98. The molecule has 0 atom stereocenters. The molecule has 0 bridgehead atoms. The van der Waals surface area contributed by atoms with E-state index in [4.69, 9.17) is 0 Å². The predicted molar refractivity (Wildman–Crippen MR) is 72.7 cm³/mol. The number of ether oxygens (including phenoxy) is 1. The molecule has 106 valence electrons. The Morgan fingerprint density at radius 2 is 1.55 bits per heavy atom. The molecule has 2 aromatic carbocycles. The van der Waals surface area contributed by atoms with Crippen molar-refractivity contribution in [1.29, 1.82) is 0 Å². The normalized spacial score (nSPS) is 11.7. The van der Waals surface area contributed by atoms with Gasteiger partial charge in [-0.3, -0.25) is 0 Å². The molecular weight excluding hydrogens is 265 g/mol. The summed E-state index contributed by atoms with van der Waals surface area (Å²) in [7, 11) is 0. The van der Waals surface area contributed by atoms with Crippen molar-refractivity contribution in [3.63, 3.8) is 0 Å². The fourth-order valence-electron chi connectivity index (χ4n) is 1.93. The second-order valence-electron chi connectivity index (χ2n) is 4.85. The second kappa shape index (κ2) is 5.57. The molecule has 0 fully saturated rings. The van der Waals surface area contributed by atoms with Gasteiger partial charge in [-0.05, 0) is 34.7 Å². The van der Waals surface area contributed by atoms with Gasteiger partial charge in [-0.2, -0.15) is 0 Å². The van der Waals surface area contributed by atoms with Crippen LogP contribution >= 0.6 is 0 Å². The van der Waals surface area contributed by atoms with Crippen LogP contribution < -0.4 is 4.74 Å². The monoisotopic (exact) mass is 280 g/mol. The van der Waals surface area contributed by atoms with E-state index in [1.165, 1.54) is 17.7 Å². The third kappa shape index (κ3) is 3.76. The van der Waals surface area contributed by atoms with Crippen molar-refractivity contribution in [2.24, 2.45) is 0 Å². The average molecular weight is 280 g/mol. The summed E-state index contributed by atoms with van der Waals surface area (Å²) in [4.78, 5) is 0. The summed E-state index contributed by atoms with van der Waals surface area (Å²) in [6.07, 6.45) is -4.67. The lowest BCUT2D eigenvalue weighted by atomic mass is 9.99. The maximum absolute atomic E-state index is 12.2. The van der Waals surface area contributed by atoms with E-state index in [2.05, 4.69) is 18.6 Å². The quantitative estimate of drug-likeness (QED) is 0.733. The molecule has 20 heavy (non-hydrogen) atoms. The Hall–Kier alpha value is -1.97. The Labute approximate surface area is 116 Å². The molecule has 2 aromatic rings. The van der Waals surface area contributed by atoms with Crippen molar-refractivity contribution >= 4 is 0 Å². The highest BCUT2D eigenvalue weighted by Gasteiger charge is 2.31. The van der Waals surface area contributed by atoms with Gasteiger partial charge in [0, 0.05) is 0 Å². The molecule has 0 aliphatic carbocycles. The fourth-order valence-corrected chi connectivity index (χ4v) is 1.93. The van der Waals surface area contributed by atoms with Gasteiger partial charge in [0.15, 0.2) is 0 Å². The van der Waals surface area contributed by atoms with E-state index >= 15 is 0 Å². The van der Waals surface area contributed by atoms with Crippen LogP contribution in [0.1, 0.15) is 25.3 Å². The van der Waals surface area contributed by atoms with E-state index in [0.717, 1.165) is 5.56 Å². The minimum absolute atomic E-state index is 0.206. The molecule has 0 radical (unpaired) electrons. The van der Waals surface area contributed by atoms with Crippen LogP contribution in [0.4, 0.5) is 13.2 Å². The van der Waals surface area contributed by atoms with Gasteiger partial charge >= 0.3 is 6.36 Å². The van der Waals surface area contributed by atoms with Gasteiger partial charge in [-0.25, -0.2) is 0 Å². The molecule has 0 saturated heterocycles. The Kier molecular flexibility index (Phi) is 4.02. The summed E-state index contributed by atoms with van der Waals surface area (Å²) in [5.74, 6) is 0.215. The van der Waals surface area contributed by atoms with Crippen LogP contribution in [-0.4, -0.2) is 6.36 Å². The van der Waals surface area contributed by atoms with E-state index in [9.17, 15) is 13.2 Å². The number of hydrogen-bond acceptors (Lipinski definition) is 1. The number of benzene rings is 2. The number of rotatable bonds is 3. The van der Waals surface area contributed by atoms with Gasteiger partial charge in [0.1, 0.15) is 5.75 Å². The molecule has 0 aromatic heterocycles. The molecule has 0 aliphatic heterocycles. The number of halogens is 3. The first-order chi connectivity index (χ1) is 9.35. The molecule has 0 amide bonds. The summed E-state index contributed by atoms with van der Waals surface area (Å²) in [6.45, 7) is 4.18. The summed E-state index contributed by atoms with van der Waals surface area (Å²) < 4.78 is 40.5. The molecule has 0 heterocycles.